The Morgan fingerprint density at radius 3 is 2.85 bits per heavy atom. The molecule has 1 heterocycles. The van der Waals surface area contributed by atoms with Crippen LogP contribution in [-0.2, 0) is 4.79 Å². The Kier molecular flexibility index (Phi) is 4.33. The zero-order chi connectivity index (χ0) is 14.8. The summed E-state index contributed by atoms with van der Waals surface area (Å²) in [5, 5.41) is 2.92. The van der Waals surface area contributed by atoms with E-state index in [4.69, 9.17) is 5.73 Å². The minimum atomic E-state index is 0.0333. The van der Waals surface area contributed by atoms with Crippen LogP contribution in [0.1, 0.15) is 32.3 Å². The van der Waals surface area contributed by atoms with Crippen molar-refractivity contribution in [2.45, 2.75) is 33.6 Å². The number of amides is 1. The van der Waals surface area contributed by atoms with E-state index in [1.165, 1.54) is 6.42 Å². The molecule has 1 aliphatic rings. The van der Waals surface area contributed by atoms with Gasteiger partial charge in [0.05, 0.1) is 6.54 Å². The minimum Gasteiger partial charge on any atom is -0.398 e. The number of benzene rings is 1. The molecule has 0 atom stereocenters. The first-order valence-corrected chi connectivity index (χ1v) is 7.24. The van der Waals surface area contributed by atoms with Crippen molar-refractivity contribution >= 4 is 17.3 Å². The van der Waals surface area contributed by atoms with Gasteiger partial charge in [-0.2, -0.15) is 0 Å². The predicted molar refractivity (Wildman–Crippen MR) is 83.7 cm³/mol. The number of piperidine rings is 1. The maximum atomic E-state index is 12.1. The average Bonchev–Trinajstić information content (AvgIpc) is 2.32. The van der Waals surface area contributed by atoms with Crippen LogP contribution in [-0.4, -0.2) is 30.4 Å². The average molecular weight is 275 g/mol. The first-order chi connectivity index (χ1) is 9.35. The molecule has 1 aliphatic heterocycles. The second kappa shape index (κ2) is 5.83. The molecule has 1 aromatic rings. The van der Waals surface area contributed by atoms with Crippen LogP contribution < -0.4 is 11.1 Å². The van der Waals surface area contributed by atoms with Crippen molar-refractivity contribution < 1.29 is 4.79 Å². The summed E-state index contributed by atoms with van der Waals surface area (Å²) in [6.07, 6.45) is 2.40. The second-order valence-electron chi connectivity index (χ2n) is 6.60. The number of rotatable bonds is 3. The predicted octanol–water partition coefficient (Wildman–Crippen LogP) is 2.64. The van der Waals surface area contributed by atoms with Crippen LogP contribution in [0.4, 0.5) is 11.4 Å². The number of hydrogen-bond donors (Lipinski definition) is 2. The van der Waals surface area contributed by atoms with E-state index in [-0.39, 0.29) is 5.91 Å². The molecule has 1 amide bonds. The third-order valence-electron chi connectivity index (χ3n) is 3.91. The van der Waals surface area contributed by atoms with Crippen LogP contribution in [0.2, 0.25) is 0 Å². The molecule has 1 saturated heterocycles. The zero-order valence-electron chi connectivity index (χ0n) is 12.7. The lowest BCUT2D eigenvalue weighted by Crippen LogP contribution is -2.43. The van der Waals surface area contributed by atoms with Gasteiger partial charge < -0.3 is 11.1 Å². The van der Waals surface area contributed by atoms with Gasteiger partial charge in [0.1, 0.15) is 0 Å². The van der Waals surface area contributed by atoms with Crippen molar-refractivity contribution in [1.82, 2.24) is 4.90 Å². The summed E-state index contributed by atoms with van der Waals surface area (Å²) in [7, 11) is 0. The van der Waals surface area contributed by atoms with Gasteiger partial charge in [0, 0.05) is 17.9 Å². The van der Waals surface area contributed by atoms with Crippen molar-refractivity contribution in [3.05, 3.63) is 23.8 Å². The van der Waals surface area contributed by atoms with Gasteiger partial charge >= 0.3 is 0 Å². The summed E-state index contributed by atoms with van der Waals surface area (Å²) < 4.78 is 0. The Morgan fingerprint density at radius 1 is 1.45 bits per heavy atom. The van der Waals surface area contributed by atoms with Crippen LogP contribution in [0, 0.1) is 12.3 Å². The maximum Gasteiger partial charge on any atom is 0.238 e. The number of aryl methyl sites for hydroxylation is 1. The number of nitrogen functional groups attached to an aromatic ring is 1. The molecule has 0 saturated carbocycles. The molecule has 2 rings (SSSR count). The Balaban J connectivity index is 1.90. The van der Waals surface area contributed by atoms with E-state index < -0.39 is 0 Å². The zero-order valence-corrected chi connectivity index (χ0v) is 12.7. The fourth-order valence-corrected chi connectivity index (χ4v) is 2.80. The Morgan fingerprint density at radius 2 is 2.20 bits per heavy atom. The van der Waals surface area contributed by atoms with Gasteiger partial charge in [-0.05, 0) is 49.4 Å². The maximum absolute atomic E-state index is 12.1. The summed E-state index contributed by atoms with van der Waals surface area (Å²) in [4.78, 5) is 14.3. The number of nitrogens with two attached hydrogens (primary N) is 1. The normalized spacial score (nSPS) is 18.8. The molecule has 0 aliphatic carbocycles. The number of nitrogens with zero attached hydrogens (tertiary/aromatic N) is 1. The number of hydrogen-bond acceptors (Lipinski definition) is 3. The van der Waals surface area contributed by atoms with E-state index in [1.807, 2.05) is 25.1 Å². The van der Waals surface area contributed by atoms with Crippen molar-refractivity contribution in [2.24, 2.45) is 5.41 Å². The SMILES string of the molecule is Cc1ccc(NC(=O)CN2CCCC(C)(C)C2)cc1N. The van der Waals surface area contributed by atoms with E-state index in [1.54, 1.807) is 0 Å². The van der Waals surface area contributed by atoms with Crippen LogP contribution in [0.3, 0.4) is 0 Å². The first-order valence-electron chi connectivity index (χ1n) is 7.24. The molecule has 110 valence electrons. The summed E-state index contributed by atoms with van der Waals surface area (Å²) in [5.41, 5.74) is 8.68. The van der Waals surface area contributed by atoms with Gasteiger partial charge in [-0.15, -0.1) is 0 Å². The molecule has 1 fully saturated rings. The summed E-state index contributed by atoms with van der Waals surface area (Å²) in [6, 6.07) is 5.63. The summed E-state index contributed by atoms with van der Waals surface area (Å²) in [5.74, 6) is 0.0333. The Hall–Kier alpha value is -1.55. The smallest absolute Gasteiger partial charge is 0.238 e. The van der Waals surface area contributed by atoms with E-state index in [9.17, 15) is 4.79 Å². The number of carbonyl (C=O) groups is 1. The molecular weight excluding hydrogens is 250 g/mol. The molecule has 0 unspecified atom stereocenters. The van der Waals surface area contributed by atoms with Crippen molar-refractivity contribution in [2.75, 3.05) is 30.7 Å². The van der Waals surface area contributed by atoms with E-state index in [2.05, 4.69) is 24.1 Å². The summed E-state index contributed by atoms with van der Waals surface area (Å²) >= 11 is 0. The first kappa shape index (κ1) is 14.9. The third-order valence-corrected chi connectivity index (χ3v) is 3.91. The third kappa shape index (κ3) is 3.97. The van der Waals surface area contributed by atoms with Crippen LogP contribution in [0.15, 0.2) is 18.2 Å². The Bertz CT molecular complexity index is 496. The fraction of sp³-hybridized carbons (Fsp3) is 0.562. The molecule has 20 heavy (non-hydrogen) atoms. The molecule has 4 nitrogen and oxygen atoms in total. The molecule has 0 aromatic heterocycles. The van der Waals surface area contributed by atoms with Crippen LogP contribution in [0.25, 0.3) is 0 Å². The quantitative estimate of drug-likeness (QED) is 0.834. The molecule has 0 spiro atoms. The molecule has 3 N–H and O–H groups in total. The monoisotopic (exact) mass is 275 g/mol. The van der Waals surface area contributed by atoms with Gasteiger partial charge in [-0.3, -0.25) is 9.69 Å². The molecule has 0 radical (unpaired) electrons. The topological polar surface area (TPSA) is 58.4 Å². The standard InChI is InChI=1S/C16H25N3O/c1-12-5-6-13(9-14(12)17)18-15(20)10-19-8-4-7-16(2,3)11-19/h5-6,9H,4,7-8,10-11,17H2,1-3H3,(H,18,20). The molecular formula is C16H25N3O. The molecule has 1 aromatic carbocycles. The number of nitrogens with one attached hydrogen (secondary N) is 1. The molecule has 0 bridgehead atoms. The van der Waals surface area contributed by atoms with Crippen molar-refractivity contribution in [3.63, 3.8) is 0 Å². The fourth-order valence-electron chi connectivity index (χ4n) is 2.80. The highest BCUT2D eigenvalue weighted by atomic mass is 16.2. The Labute approximate surface area is 121 Å². The lowest BCUT2D eigenvalue weighted by Gasteiger charge is -2.37. The highest BCUT2D eigenvalue weighted by Gasteiger charge is 2.27. The van der Waals surface area contributed by atoms with E-state index in [0.29, 0.717) is 17.6 Å². The van der Waals surface area contributed by atoms with Gasteiger partial charge in [0.25, 0.3) is 0 Å². The van der Waals surface area contributed by atoms with Gasteiger partial charge in [0.15, 0.2) is 0 Å². The van der Waals surface area contributed by atoms with E-state index >= 15 is 0 Å². The van der Waals surface area contributed by atoms with Crippen LogP contribution >= 0.6 is 0 Å². The van der Waals surface area contributed by atoms with Gasteiger partial charge in [-0.25, -0.2) is 0 Å². The number of likely N-dealkylation sites (tertiary alicyclic amines) is 1. The highest BCUT2D eigenvalue weighted by molar-refractivity contribution is 5.92. The largest absolute Gasteiger partial charge is 0.398 e. The second-order valence-corrected chi connectivity index (χ2v) is 6.60. The lowest BCUT2D eigenvalue weighted by molar-refractivity contribution is -0.118. The van der Waals surface area contributed by atoms with E-state index in [0.717, 1.165) is 30.8 Å². The van der Waals surface area contributed by atoms with Gasteiger partial charge in [0.2, 0.25) is 5.91 Å². The molecule has 4 heteroatoms. The van der Waals surface area contributed by atoms with Crippen molar-refractivity contribution in [3.8, 4) is 0 Å². The van der Waals surface area contributed by atoms with Crippen molar-refractivity contribution in [1.29, 1.82) is 0 Å². The van der Waals surface area contributed by atoms with Crippen LogP contribution in [0.5, 0.6) is 0 Å². The van der Waals surface area contributed by atoms with Gasteiger partial charge in [-0.1, -0.05) is 19.9 Å². The highest BCUT2D eigenvalue weighted by Crippen LogP contribution is 2.28. The minimum absolute atomic E-state index is 0.0333. The lowest BCUT2D eigenvalue weighted by atomic mass is 9.84. The summed E-state index contributed by atoms with van der Waals surface area (Å²) in [6.45, 7) is 8.92. The number of carbonyl (C=O) groups excluding carboxylic acids is 1. The number of anilines is 2.